The minimum atomic E-state index is -0.256. The van der Waals surface area contributed by atoms with E-state index in [9.17, 15) is 0 Å². The molecule has 1 aliphatic heterocycles. The van der Waals surface area contributed by atoms with Gasteiger partial charge in [0.25, 0.3) is 0 Å². The van der Waals surface area contributed by atoms with Gasteiger partial charge in [0, 0.05) is 11.4 Å². The first kappa shape index (κ1) is 15.7. The molecule has 1 aliphatic rings. The van der Waals surface area contributed by atoms with Crippen LogP contribution in [-0.4, -0.2) is 18.0 Å². The van der Waals surface area contributed by atoms with Crippen LogP contribution in [0, 0.1) is 0 Å². The van der Waals surface area contributed by atoms with Gasteiger partial charge in [-0.05, 0) is 43.2 Å². The van der Waals surface area contributed by atoms with Crippen molar-refractivity contribution >= 4 is 28.3 Å². The third kappa shape index (κ3) is 3.45. The summed E-state index contributed by atoms with van der Waals surface area (Å²) < 4.78 is 5.39. The van der Waals surface area contributed by atoms with Gasteiger partial charge in [0.2, 0.25) is 0 Å². The Morgan fingerprint density at radius 2 is 2.04 bits per heavy atom. The second-order valence-electron chi connectivity index (χ2n) is 5.73. The topological polar surface area (TPSA) is 59.6 Å². The van der Waals surface area contributed by atoms with Gasteiger partial charge in [0.1, 0.15) is 5.75 Å². The summed E-state index contributed by atoms with van der Waals surface area (Å²) in [4.78, 5) is 4.67. The molecule has 0 fully saturated rings. The number of ether oxygens (including phenoxy) is 1. The molecule has 1 heterocycles. The molecule has 2 aromatic carbocycles. The molecular formula is C18H21N3OS. The molecule has 4 nitrogen and oxygen atoms in total. The Labute approximate surface area is 141 Å². The highest BCUT2D eigenvalue weighted by atomic mass is 32.2. The molecule has 1 atom stereocenters. The molecule has 0 spiro atoms. The largest absolute Gasteiger partial charge is 0.495 e. The summed E-state index contributed by atoms with van der Waals surface area (Å²) in [6, 6.07) is 16.2. The van der Waals surface area contributed by atoms with Crippen molar-refractivity contribution in [3.8, 4) is 5.75 Å². The lowest BCUT2D eigenvalue weighted by Gasteiger charge is -2.30. The fourth-order valence-electron chi connectivity index (χ4n) is 2.73. The Morgan fingerprint density at radius 1 is 1.22 bits per heavy atom. The second-order valence-corrected chi connectivity index (χ2v) is 6.84. The monoisotopic (exact) mass is 327 g/mol. The first-order valence-corrected chi connectivity index (χ1v) is 8.58. The van der Waals surface area contributed by atoms with Crippen LogP contribution in [0.4, 0.5) is 11.4 Å². The maximum absolute atomic E-state index is 5.93. The van der Waals surface area contributed by atoms with Crippen molar-refractivity contribution in [2.75, 3.05) is 18.2 Å². The van der Waals surface area contributed by atoms with E-state index < -0.39 is 0 Å². The van der Waals surface area contributed by atoms with Crippen LogP contribution in [0.1, 0.15) is 18.9 Å². The molecule has 0 saturated carbocycles. The fraction of sp³-hybridized carbons (Fsp3) is 0.278. The van der Waals surface area contributed by atoms with Gasteiger partial charge in [0.05, 0.1) is 18.3 Å². The molecular weight excluding hydrogens is 306 g/mol. The number of thioether (sulfide) groups is 1. The van der Waals surface area contributed by atoms with Gasteiger partial charge in [-0.25, -0.2) is 0 Å². The number of hydrogen-bond donors (Lipinski definition) is 2. The number of nitrogens with two attached hydrogens (primary N) is 1. The Morgan fingerprint density at radius 3 is 2.83 bits per heavy atom. The van der Waals surface area contributed by atoms with Crippen LogP contribution < -0.4 is 15.8 Å². The molecule has 0 unspecified atom stereocenters. The minimum Gasteiger partial charge on any atom is -0.495 e. The number of nitrogens with one attached hydrogen (secondary N) is 1. The predicted octanol–water partition coefficient (Wildman–Crippen LogP) is 4.11. The maximum Gasteiger partial charge on any atom is 0.154 e. The van der Waals surface area contributed by atoms with E-state index in [1.165, 1.54) is 5.56 Å². The van der Waals surface area contributed by atoms with E-state index >= 15 is 0 Å². The van der Waals surface area contributed by atoms with E-state index in [1.54, 1.807) is 18.9 Å². The molecule has 5 heteroatoms. The van der Waals surface area contributed by atoms with E-state index in [4.69, 9.17) is 10.5 Å². The van der Waals surface area contributed by atoms with Gasteiger partial charge in [-0.3, -0.25) is 4.99 Å². The average Bonchev–Trinajstić information content (AvgIpc) is 2.55. The number of methoxy groups -OCH3 is 1. The SMILES string of the molecule is COc1ccccc1Nc1cccc([C@]2(C)CCSC(N)=N2)c1. The molecule has 3 rings (SSSR count). The van der Waals surface area contributed by atoms with Gasteiger partial charge in [-0.2, -0.15) is 0 Å². The highest BCUT2D eigenvalue weighted by Gasteiger charge is 2.29. The van der Waals surface area contributed by atoms with E-state index in [-0.39, 0.29) is 5.54 Å². The Bertz CT molecular complexity index is 732. The van der Waals surface area contributed by atoms with Crippen molar-refractivity contribution in [2.45, 2.75) is 18.9 Å². The molecule has 0 amide bonds. The molecule has 2 aromatic rings. The summed E-state index contributed by atoms with van der Waals surface area (Å²) in [6.45, 7) is 2.14. The molecule has 3 N–H and O–H groups in total. The van der Waals surface area contributed by atoms with E-state index in [0.717, 1.165) is 29.3 Å². The third-order valence-electron chi connectivity index (χ3n) is 4.07. The summed E-state index contributed by atoms with van der Waals surface area (Å²) in [5, 5.41) is 4.09. The standard InChI is InChI=1S/C18H21N3OS/c1-18(10-11-23-17(19)21-18)13-6-5-7-14(12-13)20-15-8-3-4-9-16(15)22-2/h3-9,12,20H,10-11H2,1-2H3,(H2,19,21)/t18-/m0/s1. The Hall–Kier alpha value is -2.14. The van der Waals surface area contributed by atoms with Crippen LogP contribution in [0.3, 0.4) is 0 Å². The van der Waals surface area contributed by atoms with Crippen LogP contribution in [-0.2, 0) is 5.54 Å². The van der Waals surface area contributed by atoms with Crippen molar-refractivity contribution in [2.24, 2.45) is 10.7 Å². The molecule has 120 valence electrons. The Kier molecular flexibility index (Phi) is 4.48. The van der Waals surface area contributed by atoms with Gasteiger partial charge in [-0.1, -0.05) is 36.0 Å². The van der Waals surface area contributed by atoms with Gasteiger partial charge >= 0.3 is 0 Å². The van der Waals surface area contributed by atoms with Gasteiger partial charge in [0.15, 0.2) is 5.17 Å². The summed E-state index contributed by atoms with van der Waals surface area (Å²) >= 11 is 1.62. The normalized spacial score (nSPS) is 20.7. The molecule has 0 radical (unpaired) electrons. The minimum absolute atomic E-state index is 0.256. The zero-order valence-corrected chi connectivity index (χ0v) is 14.2. The summed E-state index contributed by atoms with van der Waals surface area (Å²) in [7, 11) is 1.68. The van der Waals surface area contributed by atoms with Crippen molar-refractivity contribution < 1.29 is 4.74 Å². The number of nitrogens with zero attached hydrogens (tertiary/aromatic N) is 1. The highest BCUT2D eigenvalue weighted by Crippen LogP contribution is 2.36. The molecule has 0 aliphatic carbocycles. The number of rotatable bonds is 4. The summed E-state index contributed by atoms with van der Waals surface area (Å²) in [5.74, 6) is 1.82. The van der Waals surface area contributed by atoms with Crippen molar-refractivity contribution in [3.63, 3.8) is 0 Å². The molecule has 0 aromatic heterocycles. The van der Waals surface area contributed by atoms with Crippen LogP contribution in [0.25, 0.3) is 0 Å². The van der Waals surface area contributed by atoms with E-state index in [2.05, 4.69) is 29.4 Å². The van der Waals surface area contributed by atoms with E-state index in [0.29, 0.717) is 5.17 Å². The zero-order valence-electron chi connectivity index (χ0n) is 13.4. The van der Waals surface area contributed by atoms with E-state index in [1.807, 2.05) is 36.4 Å². The lowest BCUT2D eigenvalue weighted by molar-refractivity contribution is 0.417. The number of anilines is 2. The predicted molar refractivity (Wildman–Crippen MR) is 98.8 cm³/mol. The van der Waals surface area contributed by atoms with Crippen molar-refractivity contribution in [1.29, 1.82) is 0 Å². The molecule has 0 bridgehead atoms. The van der Waals surface area contributed by atoms with Gasteiger partial charge in [-0.15, -0.1) is 0 Å². The smallest absolute Gasteiger partial charge is 0.154 e. The number of benzene rings is 2. The Balaban J connectivity index is 1.90. The van der Waals surface area contributed by atoms with Gasteiger partial charge < -0.3 is 15.8 Å². The first-order chi connectivity index (χ1) is 11.1. The maximum atomic E-state index is 5.93. The van der Waals surface area contributed by atoms with Crippen LogP contribution in [0.5, 0.6) is 5.75 Å². The third-order valence-corrected chi connectivity index (χ3v) is 4.86. The van der Waals surface area contributed by atoms with Crippen LogP contribution >= 0.6 is 11.8 Å². The van der Waals surface area contributed by atoms with Crippen molar-refractivity contribution in [1.82, 2.24) is 0 Å². The lowest BCUT2D eigenvalue weighted by Crippen LogP contribution is -2.28. The first-order valence-electron chi connectivity index (χ1n) is 7.59. The quantitative estimate of drug-likeness (QED) is 0.887. The highest BCUT2D eigenvalue weighted by molar-refractivity contribution is 8.13. The zero-order chi connectivity index (χ0) is 16.3. The fourth-order valence-corrected chi connectivity index (χ4v) is 3.70. The van der Waals surface area contributed by atoms with Crippen LogP contribution in [0.2, 0.25) is 0 Å². The number of hydrogen-bond acceptors (Lipinski definition) is 5. The number of para-hydroxylation sites is 2. The number of aliphatic imine (C=N–C) groups is 1. The lowest BCUT2D eigenvalue weighted by atomic mass is 9.89. The summed E-state index contributed by atoms with van der Waals surface area (Å²) in [5.41, 5.74) is 8.80. The average molecular weight is 327 g/mol. The second kappa shape index (κ2) is 6.54. The van der Waals surface area contributed by atoms with Crippen LogP contribution in [0.15, 0.2) is 53.5 Å². The summed E-state index contributed by atoms with van der Waals surface area (Å²) in [6.07, 6.45) is 0.983. The molecule has 23 heavy (non-hydrogen) atoms. The van der Waals surface area contributed by atoms with Crippen molar-refractivity contribution in [3.05, 3.63) is 54.1 Å². The number of amidine groups is 1. The molecule has 0 saturated heterocycles.